The maximum Gasteiger partial charge on any atom is 0.205 e. The lowest BCUT2D eigenvalue weighted by atomic mass is 9.58. The van der Waals surface area contributed by atoms with Crippen LogP contribution >= 0.6 is 12.2 Å². The van der Waals surface area contributed by atoms with Crippen LogP contribution in [-0.4, -0.2) is 35.3 Å². The number of nitrogens with one attached hydrogen (secondary N) is 2. The van der Waals surface area contributed by atoms with Gasteiger partial charge in [0.25, 0.3) is 0 Å². The van der Waals surface area contributed by atoms with Crippen LogP contribution in [-0.2, 0) is 19.2 Å². The zero-order valence-corrected chi connectivity index (χ0v) is 22.8. The molecule has 4 saturated heterocycles. The molecule has 1 unspecified atom stereocenters. The number of hydrogen-bond acceptors (Lipinski definition) is 7. The van der Waals surface area contributed by atoms with E-state index in [1.54, 1.807) is 6.21 Å². The lowest BCUT2D eigenvalue weighted by Gasteiger charge is -2.60. The summed E-state index contributed by atoms with van der Waals surface area (Å²) in [5, 5.41) is 7.74. The molecule has 5 fully saturated rings. The second-order valence-corrected chi connectivity index (χ2v) is 11.6. The van der Waals surface area contributed by atoms with Gasteiger partial charge in [0.1, 0.15) is 5.75 Å². The van der Waals surface area contributed by atoms with Crippen molar-refractivity contribution in [2.24, 2.45) is 28.8 Å². The molecule has 2 aromatic carbocycles. The summed E-state index contributed by atoms with van der Waals surface area (Å²) < 4.78 is 19.3. The molecule has 1 saturated carbocycles. The highest BCUT2D eigenvalue weighted by Gasteiger charge is 2.69. The third-order valence-electron chi connectivity index (χ3n) is 8.64. The van der Waals surface area contributed by atoms with Crippen LogP contribution in [0.15, 0.2) is 59.7 Å². The molecule has 202 valence electrons. The molecule has 2 bridgehead atoms. The summed E-state index contributed by atoms with van der Waals surface area (Å²) in [6.07, 6.45) is 4.74. The van der Waals surface area contributed by atoms with Crippen molar-refractivity contribution in [3.63, 3.8) is 0 Å². The van der Waals surface area contributed by atoms with Crippen LogP contribution < -0.4 is 15.5 Å². The van der Waals surface area contributed by atoms with E-state index in [4.69, 9.17) is 36.2 Å². The number of benzene rings is 2. The van der Waals surface area contributed by atoms with Crippen molar-refractivity contribution in [3.8, 4) is 5.75 Å². The number of hydrogen-bond donors (Lipinski definition) is 2. The maximum atomic E-state index is 6.52. The Morgan fingerprint density at radius 3 is 2.61 bits per heavy atom. The molecule has 0 aromatic heterocycles. The molecule has 7 rings (SSSR count). The number of hydrazone groups is 1. The minimum Gasteiger partial charge on any atom is -0.465 e. The van der Waals surface area contributed by atoms with Crippen molar-refractivity contribution in [1.82, 2.24) is 5.43 Å². The van der Waals surface area contributed by atoms with E-state index < -0.39 is 24.0 Å². The summed E-state index contributed by atoms with van der Waals surface area (Å²) in [6.45, 7) is 6.44. The van der Waals surface area contributed by atoms with Crippen molar-refractivity contribution in [2.45, 2.75) is 70.4 Å². The van der Waals surface area contributed by atoms with E-state index in [0.717, 1.165) is 42.7 Å². The first-order valence-corrected chi connectivity index (χ1v) is 13.9. The van der Waals surface area contributed by atoms with Crippen LogP contribution in [0.5, 0.6) is 5.75 Å². The molecule has 8 atom stereocenters. The van der Waals surface area contributed by atoms with Gasteiger partial charge in [-0.2, -0.15) is 5.10 Å². The number of ether oxygens (including phenoxy) is 3. The second-order valence-electron chi connectivity index (χ2n) is 11.2. The normalized spacial score (nSPS) is 37.8. The molecule has 8 nitrogen and oxygen atoms in total. The van der Waals surface area contributed by atoms with Crippen LogP contribution in [0.4, 0.5) is 5.69 Å². The standard InChI is InChI=1S/C29H35N3O5S/c1-18-9-14-24-19(2)25(34-26-29(24)23(18)15-16-28(3,35-26)36-37-29)33-22-12-10-20(11-13-22)17-30-32-27(38)31-21-7-5-4-6-8-21/h4-8,10-13,17-19,23-26H,9,14-16H2,1-3H3,(H2,31,32,38)/b30-17+/t18-,19-,23+,24+,25+,26?,28+,29-/m1/s1. The van der Waals surface area contributed by atoms with Gasteiger partial charge in [-0.05, 0) is 92.2 Å². The Morgan fingerprint density at radius 1 is 1.03 bits per heavy atom. The molecule has 5 aliphatic rings. The van der Waals surface area contributed by atoms with E-state index >= 15 is 0 Å². The minimum absolute atomic E-state index is 0.111. The molecule has 0 amide bonds. The highest BCUT2D eigenvalue weighted by atomic mass is 32.1. The van der Waals surface area contributed by atoms with Gasteiger partial charge in [0.05, 0.1) is 6.21 Å². The zero-order valence-electron chi connectivity index (χ0n) is 22.0. The Balaban J connectivity index is 1.10. The third kappa shape index (κ3) is 4.71. The highest BCUT2D eigenvalue weighted by molar-refractivity contribution is 7.80. The first-order valence-electron chi connectivity index (χ1n) is 13.5. The summed E-state index contributed by atoms with van der Waals surface area (Å²) >= 11 is 5.29. The summed E-state index contributed by atoms with van der Waals surface area (Å²) in [5.41, 5.74) is 4.07. The van der Waals surface area contributed by atoms with Crippen LogP contribution in [0.1, 0.15) is 52.0 Å². The summed E-state index contributed by atoms with van der Waals surface area (Å²) in [6, 6.07) is 17.5. The van der Waals surface area contributed by atoms with Gasteiger partial charge in [-0.1, -0.05) is 32.0 Å². The summed E-state index contributed by atoms with van der Waals surface area (Å²) in [4.78, 5) is 12.1. The van der Waals surface area contributed by atoms with Crippen molar-refractivity contribution >= 4 is 29.2 Å². The largest absolute Gasteiger partial charge is 0.465 e. The Kier molecular flexibility index (Phi) is 6.90. The van der Waals surface area contributed by atoms with Gasteiger partial charge >= 0.3 is 0 Å². The van der Waals surface area contributed by atoms with Crippen molar-refractivity contribution < 1.29 is 24.0 Å². The molecule has 1 aliphatic carbocycles. The van der Waals surface area contributed by atoms with Gasteiger partial charge in [-0.15, -0.1) is 0 Å². The smallest absolute Gasteiger partial charge is 0.205 e. The fraction of sp³-hybridized carbons (Fsp3) is 0.517. The number of thiocarbonyl (C=S) groups is 1. The SMILES string of the molecule is C[C@H]1[C@@H](Oc2ccc(/C=N/NC(=S)Nc3ccccc3)cc2)OC2O[C@]3(C)CC[C@H]4[C@H](C)CC[C@@H]1[C@@]24OO3. The topological polar surface area (TPSA) is 82.6 Å². The Bertz CT molecular complexity index is 1180. The molecule has 0 radical (unpaired) electrons. The average molecular weight is 538 g/mol. The molecule has 2 N–H and O–H groups in total. The number of anilines is 1. The quantitative estimate of drug-likeness (QED) is 0.221. The fourth-order valence-corrected chi connectivity index (χ4v) is 6.79. The third-order valence-corrected chi connectivity index (χ3v) is 8.83. The lowest BCUT2D eigenvalue weighted by Crippen LogP contribution is -2.70. The molecular formula is C29H35N3O5S. The van der Waals surface area contributed by atoms with Crippen LogP contribution in [0.2, 0.25) is 0 Å². The van der Waals surface area contributed by atoms with Gasteiger partial charge in [0.15, 0.2) is 17.0 Å². The van der Waals surface area contributed by atoms with Crippen LogP contribution in [0.3, 0.4) is 0 Å². The van der Waals surface area contributed by atoms with Crippen molar-refractivity contribution in [2.75, 3.05) is 5.32 Å². The molecule has 1 spiro atoms. The van der Waals surface area contributed by atoms with Gasteiger partial charge in [-0.3, -0.25) is 5.43 Å². The lowest BCUT2D eigenvalue weighted by molar-refractivity contribution is -0.575. The van der Waals surface area contributed by atoms with E-state index in [0.29, 0.717) is 16.9 Å². The van der Waals surface area contributed by atoms with E-state index in [1.165, 1.54) is 0 Å². The number of rotatable bonds is 5. The summed E-state index contributed by atoms with van der Waals surface area (Å²) in [7, 11) is 0. The molecule has 4 heterocycles. The van der Waals surface area contributed by atoms with Gasteiger partial charge < -0.3 is 19.5 Å². The van der Waals surface area contributed by atoms with E-state index in [-0.39, 0.29) is 11.8 Å². The van der Waals surface area contributed by atoms with Crippen LogP contribution in [0.25, 0.3) is 0 Å². The first kappa shape index (κ1) is 25.7. The zero-order chi connectivity index (χ0) is 26.3. The first-order chi connectivity index (χ1) is 18.4. The molecule has 38 heavy (non-hydrogen) atoms. The van der Waals surface area contributed by atoms with E-state index in [2.05, 4.69) is 29.7 Å². The van der Waals surface area contributed by atoms with E-state index in [1.807, 2.05) is 61.5 Å². The number of nitrogens with zero attached hydrogens (tertiary/aromatic N) is 1. The maximum absolute atomic E-state index is 6.52. The Morgan fingerprint density at radius 2 is 1.82 bits per heavy atom. The monoisotopic (exact) mass is 537 g/mol. The van der Waals surface area contributed by atoms with E-state index in [9.17, 15) is 0 Å². The molecule has 2 aromatic rings. The minimum atomic E-state index is -0.795. The molecule has 4 aliphatic heterocycles. The number of fused-ring (bicyclic) bond motifs is 2. The predicted octanol–water partition coefficient (Wildman–Crippen LogP) is 5.59. The van der Waals surface area contributed by atoms with Gasteiger partial charge in [0, 0.05) is 23.9 Å². The fourth-order valence-electron chi connectivity index (χ4n) is 6.62. The Hall–Kier alpha value is -2.56. The van der Waals surface area contributed by atoms with Crippen molar-refractivity contribution in [1.29, 1.82) is 0 Å². The van der Waals surface area contributed by atoms with Crippen molar-refractivity contribution in [3.05, 3.63) is 60.2 Å². The predicted molar refractivity (Wildman–Crippen MR) is 147 cm³/mol. The average Bonchev–Trinajstić information content (AvgIpc) is 3.14. The second kappa shape index (κ2) is 10.2. The van der Waals surface area contributed by atoms with Crippen LogP contribution in [0, 0.1) is 23.7 Å². The molecule has 9 heteroatoms. The highest BCUT2D eigenvalue weighted by Crippen LogP contribution is 2.60. The molecular weight excluding hydrogens is 502 g/mol. The number of para-hydroxylation sites is 1. The summed E-state index contributed by atoms with van der Waals surface area (Å²) in [5.74, 6) is 1.13. The Labute approximate surface area is 228 Å². The van der Waals surface area contributed by atoms with Gasteiger partial charge in [-0.25, -0.2) is 9.78 Å². The van der Waals surface area contributed by atoms with Gasteiger partial charge in [0.2, 0.25) is 12.1 Å².